The van der Waals surface area contributed by atoms with Gasteiger partial charge in [0.05, 0.1) is 0 Å². The molecule has 0 spiro atoms. The van der Waals surface area contributed by atoms with Crippen LogP contribution in [0.15, 0.2) is 10.8 Å². The molecule has 1 heterocycles. The molecule has 0 radical (unpaired) electrons. The van der Waals surface area contributed by atoms with Crippen molar-refractivity contribution in [3.8, 4) is 5.75 Å². The summed E-state index contributed by atoms with van der Waals surface area (Å²) < 4.78 is 20.6. The van der Waals surface area contributed by atoms with E-state index in [1.54, 1.807) is 0 Å². The maximum absolute atomic E-state index is 11.6. The van der Waals surface area contributed by atoms with E-state index >= 15 is 0 Å². The summed E-state index contributed by atoms with van der Waals surface area (Å²) in [5, 5.41) is 11.6. The number of nitrogens with zero attached hydrogens (tertiary/aromatic N) is 1. The molecule has 0 saturated heterocycles. The largest absolute Gasteiger partial charge is 0.485 e. The van der Waals surface area contributed by atoms with Crippen LogP contribution in [0.1, 0.15) is 10.5 Å². The van der Waals surface area contributed by atoms with Crippen LogP contribution in [0.4, 0.5) is 4.39 Å². The Morgan fingerprint density at radius 1 is 1.83 bits per heavy atom. The molecular weight excluding hydrogens is 169 g/mol. The van der Waals surface area contributed by atoms with Crippen LogP contribution in [0.5, 0.6) is 5.75 Å². The highest BCUT2D eigenvalue weighted by atomic mass is 19.1. The molecule has 0 fully saturated rings. The minimum absolute atomic E-state index is 0.0554. The molecule has 12 heavy (non-hydrogen) atoms. The number of carboxylic acids is 1. The van der Waals surface area contributed by atoms with Gasteiger partial charge in [0, 0.05) is 0 Å². The maximum atomic E-state index is 11.6. The lowest BCUT2D eigenvalue weighted by Gasteiger charge is -1.97. The van der Waals surface area contributed by atoms with Gasteiger partial charge >= 0.3 is 5.97 Å². The van der Waals surface area contributed by atoms with Crippen molar-refractivity contribution in [2.24, 2.45) is 0 Å². The van der Waals surface area contributed by atoms with Gasteiger partial charge in [0.2, 0.25) is 5.69 Å². The molecule has 0 atom stereocenters. The molecule has 0 amide bonds. The van der Waals surface area contributed by atoms with Gasteiger partial charge in [-0.05, 0) is 0 Å². The lowest BCUT2D eigenvalue weighted by atomic mass is 10.4. The van der Waals surface area contributed by atoms with E-state index in [0.717, 1.165) is 6.26 Å². The van der Waals surface area contributed by atoms with Crippen molar-refractivity contribution in [1.29, 1.82) is 0 Å². The van der Waals surface area contributed by atoms with Gasteiger partial charge in [-0.25, -0.2) is 9.18 Å². The topological polar surface area (TPSA) is 72.6 Å². The zero-order valence-electron chi connectivity index (χ0n) is 5.99. The summed E-state index contributed by atoms with van der Waals surface area (Å²) in [4.78, 5) is 10.3. The van der Waals surface area contributed by atoms with E-state index in [0.29, 0.717) is 0 Å². The highest BCUT2D eigenvalue weighted by Gasteiger charge is 2.15. The Morgan fingerprint density at radius 3 is 3.17 bits per heavy atom. The fraction of sp³-hybridized carbons (Fsp3) is 0.333. The van der Waals surface area contributed by atoms with Crippen molar-refractivity contribution in [3.05, 3.63) is 12.0 Å². The lowest BCUT2D eigenvalue weighted by molar-refractivity contribution is 0.0681. The van der Waals surface area contributed by atoms with E-state index in [2.05, 4.69) is 14.4 Å². The predicted octanol–water partition coefficient (Wildman–Crippen LogP) is 0.721. The molecule has 1 rings (SSSR count). The Labute approximate surface area is 66.7 Å². The third-order valence-electron chi connectivity index (χ3n) is 1.07. The fourth-order valence-electron chi connectivity index (χ4n) is 0.623. The van der Waals surface area contributed by atoms with Gasteiger partial charge in [-0.1, -0.05) is 5.16 Å². The summed E-state index contributed by atoms with van der Waals surface area (Å²) >= 11 is 0. The number of carbonyl (C=O) groups is 1. The maximum Gasteiger partial charge on any atom is 0.362 e. The van der Waals surface area contributed by atoms with Gasteiger partial charge in [-0.3, -0.25) is 0 Å². The van der Waals surface area contributed by atoms with Crippen molar-refractivity contribution < 1.29 is 23.6 Å². The molecule has 0 aliphatic heterocycles. The minimum atomic E-state index is -1.27. The number of halogens is 1. The molecule has 0 aliphatic carbocycles. The van der Waals surface area contributed by atoms with Gasteiger partial charge < -0.3 is 14.4 Å². The van der Waals surface area contributed by atoms with Crippen LogP contribution < -0.4 is 4.74 Å². The Hall–Kier alpha value is -1.59. The Balaban J connectivity index is 2.70. The number of aromatic nitrogens is 1. The second-order valence-corrected chi connectivity index (χ2v) is 1.87. The van der Waals surface area contributed by atoms with Crippen LogP contribution in [-0.4, -0.2) is 29.5 Å². The van der Waals surface area contributed by atoms with Gasteiger partial charge in [0.25, 0.3) is 0 Å². The van der Waals surface area contributed by atoms with E-state index in [4.69, 9.17) is 5.11 Å². The van der Waals surface area contributed by atoms with Crippen LogP contribution in [0.3, 0.4) is 0 Å². The van der Waals surface area contributed by atoms with E-state index in [1.807, 2.05) is 0 Å². The molecule has 0 saturated carbocycles. The van der Waals surface area contributed by atoms with Crippen molar-refractivity contribution >= 4 is 5.97 Å². The second-order valence-electron chi connectivity index (χ2n) is 1.87. The molecule has 0 aliphatic rings. The zero-order chi connectivity index (χ0) is 8.97. The highest BCUT2D eigenvalue weighted by molar-refractivity contribution is 5.88. The summed E-state index contributed by atoms with van der Waals surface area (Å²) in [7, 11) is 0. The summed E-state index contributed by atoms with van der Waals surface area (Å²) in [5.41, 5.74) is -0.344. The molecule has 1 aromatic heterocycles. The standard InChI is InChI=1S/C6H6FNO4/c7-1-2-11-4-3-12-8-5(4)6(9)10/h3H,1-2H2,(H,9,10). The molecule has 1 N–H and O–H groups in total. The van der Waals surface area contributed by atoms with Crippen molar-refractivity contribution in [2.45, 2.75) is 0 Å². The number of hydrogen-bond donors (Lipinski definition) is 1. The Morgan fingerprint density at radius 2 is 2.58 bits per heavy atom. The van der Waals surface area contributed by atoms with Crippen LogP contribution in [0.25, 0.3) is 0 Å². The molecule has 5 nitrogen and oxygen atoms in total. The number of aromatic carboxylic acids is 1. The number of carboxylic acid groups (broad SMARTS) is 1. The van der Waals surface area contributed by atoms with E-state index in [1.165, 1.54) is 0 Å². The van der Waals surface area contributed by atoms with Gasteiger partial charge in [0.15, 0.2) is 12.0 Å². The third-order valence-corrected chi connectivity index (χ3v) is 1.07. The minimum Gasteiger partial charge on any atom is -0.485 e. The number of rotatable bonds is 4. The molecule has 1 aromatic rings. The monoisotopic (exact) mass is 175 g/mol. The van der Waals surface area contributed by atoms with Crippen LogP contribution in [0.2, 0.25) is 0 Å². The molecular formula is C6H6FNO4. The van der Waals surface area contributed by atoms with Gasteiger partial charge in [0.1, 0.15) is 13.3 Å². The van der Waals surface area contributed by atoms with Crippen molar-refractivity contribution in [2.75, 3.05) is 13.3 Å². The first-order chi connectivity index (χ1) is 5.75. The first-order valence-electron chi connectivity index (χ1n) is 3.12. The average molecular weight is 175 g/mol. The molecule has 0 aromatic carbocycles. The van der Waals surface area contributed by atoms with E-state index < -0.39 is 12.6 Å². The van der Waals surface area contributed by atoms with E-state index in [-0.39, 0.29) is 18.1 Å². The first-order valence-corrected chi connectivity index (χ1v) is 3.12. The summed E-state index contributed by atoms with van der Waals surface area (Å²) in [6.45, 7) is -0.897. The van der Waals surface area contributed by atoms with Crippen molar-refractivity contribution in [3.63, 3.8) is 0 Å². The number of ether oxygens (including phenoxy) is 1. The summed E-state index contributed by atoms with van der Waals surface area (Å²) in [5.74, 6) is -1.32. The number of alkyl halides is 1. The Bertz CT molecular complexity index is 272. The smallest absolute Gasteiger partial charge is 0.362 e. The normalized spacial score (nSPS) is 9.75. The van der Waals surface area contributed by atoms with Crippen LogP contribution in [-0.2, 0) is 0 Å². The molecule has 0 bridgehead atoms. The summed E-state index contributed by atoms with van der Waals surface area (Å²) in [6, 6.07) is 0. The lowest BCUT2D eigenvalue weighted by Crippen LogP contribution is -2.04. The molecule has 66 valence electrons. The van der Waals surface area contributed by atoms with Crippen LogP contribution >= 0.6 is 0 Å². The van der Waals surface area contributed by atoms with Crippen molar-refractivity contribution in [1.82, 2.24) is 5.16 Å². The molecule has 0 unspecified atom stereocenters. The average Bonchev–Trinajstić information content (AvgIpc) is 2.48. The van der Waals surface area contributed by atoms with Gasteiger partial charge in [-0.15, -0.1) is 0 Å². The van der Waals surface area contributed by atoms with Gasteiger partial charge in [-0.2, -0.15) is 0 Å². The SMILES string of the molecule is O=C(O)c1nocc1OCCF. The summed E-state index contributed by atoms with van der Waals surface area (Å²) in [6.07, 6.45) is 1.01. The first kappa shape index (κ1) is 8.51. The highest BCUT2D eigenvalue weighted by Crippen LogP contribution is 2.15. The van der Waals surface area contributed by atoms with E-state index in [9.17, 15) is 9.18 Å². The third kappa shape index (κ3) is 1.71. The molecule has 6 heteroatoms. The quantitative estimate of drug-likeness (QED) is 0.729. The fourth-order valence-corrected chi connectivity index (χ4v) is 0.623. The predicted molar refractivity (Wildman–Crippen MR) is 34.9 cm³/mol. The number of hydrogen-bond acceptors (Lipinski definition) is 4. The second kappa shape index (κ2) is 3.70. The van der Waals surface area contributed by atoms with Crippen LogP contribution in [0, 0.1) is 0 Å². The zero-order valence-corrected chi connectivity index (χ0v) is 5.99. The Kier molecular flexibility index (Phi) is 2.62.